The Balaban J connectivity index is 2.48. The minimum Gasteiger partial charge on any atom is -0.360 e. The number of rotatable bonds is 4. The summed E-state index contributed by atoms with van der Waals surface area (Å²) < 4.78 is 4.82. The molecule has 1 unspecified atom stereocenters. The maximum absolute atomic E-state index is 11.5. The summed E-state index contributed by atoms with van der Waals surface area (Å²) in [7, 11) is 0. The van der Waals surface area contributed by atoms with Crippen molar-refractivity contribution in [1.29, 1.82) is 0 Å². The molecule has 0 bridgehead atoms. The minimum absolute atomic E-state index is 0.113. The van der Waals surface area contributed by atoms with Crippen molar-refractivity contribution < 1.29 is 9.32 Å². The molecule has 0 spiro atoms. The second-order valence-electron chi connectivity index (χ2n) is 2.76. The summed E-state index contributed by atoms with van der Waals surface area (Å²) >= 11 is 6.53. The molecule has 0 aliphatic rings. The number of nitrogens with zero attached hydrogens (tertiary/aromatic N) is 1. The molecule has 1 rings (SSSR count). The molecule has 1 heterocycles. The number of carbonyl (C=O) groups excluding carboxylic acids is 1. The molecule has 1 atom stereocenters. The van der Waals surface area contributed by atoms with Crippen LogP contribution in [0.1, 0.15) is 12.2 Å². The third-order valence-corrected chi connectivity index (χ3v) is 2.86. The van der Waals surface area contributed by atoms with Crippen LogP contribution in [0, 0.1) is 6.92 Å². The molecule has 0 saturated heterocycles. The number of aryl methyl sites for hydroxylation is 1. The zero-order chi connectivity index (χ0) is 10.6. The van der Waals surface area contributed by atoms with Crippen molar-refractivity contribution in [3.8, 4) is 0 Å². The van der Waals surface area contributed by atoms with Crippen molar-refractivity contribution in [2.75, 3.05) is 10.6 Å². The largest absolute Gasteiger partial charge is 0.360 e. The quantitative estimate of drug-likeness (QED) is 0.865. The molecule has 0 radical (unpaired) electrons. The number of carbonyl (C=O) groups is 1. The number of alkyl halides is 2. The van der Waals surface area contributed by atoms with Gasteiger partial charge in [-0.3, -0.25) is 4.79 Å². The Kier molecular flexibility index (Phi) is 4.60. The van der Waals surface area contributed by atoms with Crippen LogP contribution >= 0.6 is 31.9 Å². The first-order chi connectivity index (χ1) is 6.63. The van der Waals surface area contributed by atoms with Gasteiger partial charge in [0.25, 0.3) is 0 Å². The van der Waals surface area contributed by atoms with Gasteiger partial charge in [-0.15, -0.1) is 0 Å². The van der Waals surface area contributed by atoms with E-state index in [-0.39, 0.29) is 10.7 Å². The Labute approximate surface area is 98.7 Å². The van der Waals surface area contributed by atoms with Gasteiger partial charge in [-0.25, -0.2) is 0 Å². The Morgan fingerprint density at radius 2 is 2.50 bits per heavy atom. The van der Waals surface area contributed by atoms with Crippen molar-refractivity contribution in [2.24, 2.45) is 0 Å². The van der Waals surface area contributed by atoms with E-state index >= 15 is 0 Å². The zero-order valence-electron chi connectivity index (χ0n) is 7.59. The van der Waals surface area contributed by atoms with Gasteiger partial charge < -0.3 is 9.84 Å². The summed E-state index contributed by atoms with van der Waals surface area (Å²) in [4.78, 5) is 11.2. The number of aromatic nitrogens is 1. The lowest BCUT2D eigenvalue weighted by Crippen LogP contribution is -2.23. The molecule has 0 fully saturated rings. The smallest absolute Gasteiger partial charge is 0.239 e. The molecular formula is C8H10Br2N2O2. The van der Waals surface area contributed by atoms with Gasteiger partial charge in [-0.05, 0) is 13.3 Å². The van der Waals surface area contributed by atoms with Crippen LogP contribution in [0.5, 0.6) is 0 Å². The van der Waals surface area contributed by atoms with E-state index < -0.39 is 0 Å². The van der Waals surface area contributed by atoms with E-state index in [1.54, 1.807) is 13.0 Å². The van der Waals surface area contributed by atoms with E-state index in [1.165, 1.54) is 0 Å². The van der Waals surface area contributed by atoms with Crippen molar-refractivity contribution in [3.05, 3.63) is 11.8 Å². The van der Waals surface area contributed by atoms with E-state index in [1.807, 2.05) is 0 Å². The molecule has 6 heteroatoms. The van der Waals surface area contributed by atoms with Gasteiger partial charge in [0.1, 0.15) is 5.76 Å². The second-order valence-corrected chi connectivity index (χ2v) is 4.66. The predicted octanol–water partition coefficient (Wildman–Crippen LogP) is 2.47. The fraction of sp³-hybridized carbons (Fsp3) is 0.500. The van der Waals surface area contributed by atoms with Crippen LogP contribution in [-0.2, 0) is 4.79 Å². The van der Waals surface area contributed by atoms with Crippen LogP contribution in [0.2, 0.25) is 0 Å². The average Bonchev–Trinajstić information content (AvgIpc) is 2.51. The molecule has 0 saturated carbocycles. The van der Waals surface area contributed by atoms with E-state index in [0.29, 0.717) is 11.6 Å². The lowest BCUT2D eigenvalue weighted by Gasteiger charge is -2.05. The Hall–Kier alpha value is -0.360. The lowest BCUT2D eigenvalue weighted by molar-refractivity contribution is -0.115. The maximum Gasteiger partial charge on any atom is 0.239 e. The molecule has 14 heavy (non-hydrogen) atoms. The van der Waals surface area contributed by atoms with E-state index in [4.69, 9.17) is 4.52 Å². The topological polar surface area (TPSA) is 55.1 Å². The third-order valence-electron chi connectivity index (χ3n) is 1.53. The number of halogens is 2. The fourth-order valence-electron chi connectivity index (χ4n) is 0.857. The van der Waals surface area contributed by atoms with Gasteiger partial charge in [0.15, 0.2) is 5.82 Å². The van der Waals surface area contributed by atoms with Crippen LogP contribution in [0.3, 0.4) is 0 Å². The summed E-state index contributed by atoms with van der Waals surface area (Å²) in [6.07, 6.45) is 0.725. The Morgan fingerprint density at radius 3 is 3.00 bits per heavy atom. The van der Waals surface area contributed by atoms with Crippen LogP contribution < -0.4 is 5.32 Å². The SMILES string of the molecule is Cc1cc(NC(=O)C(Br)CCBr)no1. The normalized spacial score (nSPS) is 12.5. The van der Waals surface area contributed by atoms with Crippen molar-refractivity contribution >= 4 is 43.6 Å². The molecule has 0 aliphatic carbocycles. The number of anilines is 1. The van der Waals surface area contributed by atoms with E-state index in [0.717, 1.165) is 11.8 Å². The molecule has 1 aromatic rings. The highest BCUT2D eigenvalue weighted by Crippen LogP contribution is 2.12. The zero-order valence-corrected chi connectivity index (χ0v) is 10.8. The summed E-state index contributed by atoms with van der Waals surface area (Å²) in [5.74, 6) is 1.01. The monoisotopic (exact) mass is 324 g/mol. The summed E-state index contributed by atoms with van der Waals surface area (Å²) in [5, 5.41) is 7.07. The van der Waals surface area contributed by atoms with Crippen LogP contribution in [-0.4, -0.2) is 21.2 Å². The summed E-state index contributed by atoms with van der Waals surface area (Å²) in [6, 6.07) is 1.67. The van der Waals surface area contributed by atoms with Gasteiger partial charge in [0, 0.05) is 11.4 Å². The number of amides is 1. The first-order valence-electron chi connectivity index (χ1n) is 4.07. The highest BCUT2D eigenvalue weighted by molar-refractivity contribution is 9.10. The first-order valence-corrected chi connectivity index (χ1v) is 6.11. The van der Waals surface area contributed by atoms with Gasteiger partial charge >= 0.3 is 0 Å². The van der Waals surface area contributed by atoms with Crippen molar-refractivity contribution in [2.45, 2.75) is 18.2 Å². The van der Waals surface area contributed by atoms with Crippen LogP contribution in [0.25, 0.3) is 0 Å². The van der Waals surface area contributed by atoms with Gasteiger partial charge in [-0.2, -0.15) is 0 Å². The van der Waals surface area contributed by atoms with Crippen LogP contribution in [0.15, 0.2) is 10.6 Å². The summed E-state index contributed by atoms with van der Waals surface area (Å²) in [5.41, 5.74) is 0. The van der Waals surface area contributed by atoms with Gasteiger partial charge in [0.05, 0.1) is 4.83 Å². The van der Waals surface area contributed by atoms with E-state index in [2.05, 4.69) is 42.3 Å². The molecule has 0 aliphatic heterocycles. The standard InChI is InChI=1S/C8H10Br2N2O2/c1-5-4-7(12-14-5)11-8(13)6(10)2-3-9/h4,6H,2-3H2,1H3,(H,11,12,13). The minimum atomic E-state index is -0.209. The average molecular weight is 326 g/mol. The molecule has 4 nitrogen and oxygen atoms in total. The molecule has 0 aromatic carbocycles. The maximum atomic E-state index is 11.5. The Bertz CT molecular complexity index is 314. The van der Waals surface area contributed by atoms with Crippen LogP contribution in [0.4, 0.5) is 5.82 Å². The summed E-state index contributed by atoms with van der Waals surface area (Å²) in [6.45, 7) is 1.77. The van der Waals surface area contributed by atoms with Gasteiger partial charge in [0.2, 0.25) is 5.91 Å². The molecule has 1 amide bonds. The number of hydrogen-bond donors (Lipinski definition) is 1. The van der Waals surface area contributed by atoms with Crippen molar-refractivity contribution in [1.82, 2.24) is 5.16 Å². The van der Waals surface area contributed by atoms with Crippen molar-refractivity contribution in [3.63, 3.8) is 0 Å². The molecule has 1 aromatic heterocycles. The number of nitrogens with one attached hydrogen (secondary N) is 1. The lowest BCUT2D eigenvalue weighted by atomic mass is 10.3. The second kappa shape index (κ2) is 5.50. The first kappa shape index (κ1) is 11.7. The number of hydrogen-bond acceptors (Lipinski definition) is 3. The third kappa shape index (κ3) is 3.42. The molecule has 1 N–H and O–H groups in total. The highest BCUT2D eigenvalue weighted by Gasteiger charge is 2.15. The predicted molar refractivity (Wildman–Crippen MR) is 61.0 cm³/mol. The Morgan fingerprint density at radius 1 is 1.79 bits per heavy atom. The van der Waals surface area contributed by atoms with E-state index in [9.17, 15) is 4.79 Å². The van der Waals surface area contributed by atoms with Gasteiger partial charge in [-0.1, -0.05) is 37.0 Å². The highest BCUT2D eigenvalue weighted by atomic mass is 79.9. The molecule has 78 valence electrons. The molecular weight excluding hydrogens is 316 g/mol. The fourth-order valence-corrected chi connectivity index (χ4v) is 2.27.